The fraction of sp³-hybridized carbons (Fsp3) is 0.214. The number of anilines is 2. The predicted molar refractivity (Wildman–Crippen MR) is 134 cm³/mol. The van der Waals surface area contributed by atoms with Crippen molar-refractivity contribution < 1.29 is 23.9 Å². The van der Waals surface area contributed by atoms with Crippen LogP contribution in [0.3, 0.4) is 0 Å². The summed E-state index contributed by atoms with van der Waals surface area (Å²) in [6, 6.07) is 21.9. The SMILES string of the molecule is O=C(CCN1C(=O)c2ccccc2C1=O)Nc1ccc2c(c1)N(CCCc1ccccc1)C(=O)CO2. The molecule has 0 atom stereocenters. The summed E-state index contributed by atoms with van der Waals surface area (Å²) in [7, 11) is 0. The van der Waals surface area contributed by atoms with Crippen molar-refractivity contribution in [2.24, 2.45) is 0 Å². The molecule has 2 aliphatic rings. The number of nitrogens with zero attached hydrogens (tertiary/aromatic N) is 2. The van der Waals surface area contributed by atoms with Crippen molar-refractivity contribution in [3.8, 4) is 5.75 Å². The first-order chi connectivity index (χ1) is 17.5. The van der Waals surface area contributed by atoms with Crippen LogP contribution in [0.15, 0.2) is 72.8 Å². The Kier molecular flexibility index (Phi) is 6.49. The first-order valence-corrected chi connectivity index (χ1v) is 11.9. The molecule has 3 aromatic rings. The van der Waals surface area contributed by atoms with Gasteiger partial charge in [-0.1, -0.05) is 42.5 Å². The first-order valence-electron chi connectivity index (χ1n) is 11.9. The molecule has 182 valence electrons. The minimum Gasteiger partial charge on any atom is -0.482 e. The van der Waals surface area contributed by atoms with Gasteiger partial charge in [0.05, 0.1) is 16.8 Å². The van der Waals surface area contributed by atoms with Gasteiger partial charge in [0.2, 0.25) is 5.91 Å². The molecule has 2 aliphatic heterocycles. The number of amides is 4. The highest BCUT2D eigenvalue weighted by Crippen LogP contribution is 2.35. The molecule has 2 heterocycles. The van der Waals surface area contributed by atoms with Crippen molar-refractivity contribution in [1.82, 2.24) is 4.90 Å². The summed E-state index contributed by atoms with van der Waals surface area (Å²) in [5.74, 6) is -0.675. The van der Waals surface area contributed by atoms with E-state index in [0.717, 1.165) is 17.7 Å². The van der Waals surface area contributed by atoms with E-state index in [1.165, 1.54) is 5.56 Å². The molecule has 5 rings (SSSR count). The Labute approximate surface area is 208 Å². The summed E-state index contributed by atoms with van der Waals surface area (Å²) < 4.78 is 5.57. The molecule has 0 radical (unpaired) electrons. The zero-order valence-corrected chi connectivity index (χ0v) is 19.6. The maximum atomic E-state index is 12.6. The number of imide groups is 1. The molecule has 8 heteroatoms. The standard InChI is InChI=1S/C28H25N3O5/c32-25(14-16-31-27(34)21-10-4-5-11-22(21)28(31)35)29-20-12-13-24-23(17-20)30(26(33)18-36-24)15-6-9-19-7-2-1-3-8-19/h1-5,7-8,10-13,17H,6,9,14-16,18H2,(H,29,32). The van der Waals surface area contributed by atoms with Crippen molar-refractivity contribution in [2.75, 3.05) is 29.9 Å². The lowest BCUT2D eigenvalue weighted by atomic mass is 10.1. The fourth-order valence-electron chi connectivity index (χ4n) is 4.49. The van der Waals surface area contributed by atoms with Crippen LogP contribution in [0.5, 0.6) is 5.75 Å². The molecule has 0 saturated heterocycles. The van der Waals surface area contributed by atoms with E-state index < -0.39 is 0 Å². The van der Waals surface area contributed by atoms with Gasteiger partial charge in [-0.2, -0.15) is 0 Å². The minimum atomic E-state index is -0.390. The maximum absolute atomic E-state index is 12.6. The molecule has 1 N–H and O–H groups in total. The van der Waals surface area contributed by atoms with Gasteiger partial charge in [-0.15, -0.1) is 0 Å². The van der Waals surface area contributed by atoms with Gasteiger partial charge in [-0.05, 0) is 48.7 Å². The van der Waals surface area contributed by atoms with Crippen LogP contribution in [-0.4, -0.2) is 48.2 Å². The second kappa shape index (κ2) is 10.0. The van der Waals surface area contributed by atoms with Crippen LogP contribution in [-0.2, 0) is 16.0 Å². The molecule has 0 aliphatic carbocycles. The molecule has 36 heavy (non-hydrogen) atoms. The number of rotatable bonds is 8. The van der Waals surface area contributed by atoms with Crippen molar-refractivity contribution in [3.05, 3.63) is 89.5 Å². The zero-order valence-electron chi connectivity index (χ0n) is 19.6. The largest absolute Gasteiger partial charge is 0.482 e. The molecule has 0 aromatic heterocycles. The normalized spacial score (nSPS) is 14.4. The summed E-state index contributed by atoms with van der Waals surface area (Å²) in [5, 5.41) is 2.80. The lowest BCUT2D eigenvalue weighted by Gasteiger charge is -2.30. The summed E-state index contributed by atoms with van der Waals surface area (Å²) >= 11 is 0. The van der Waals surface area contributed by atoms with E-state index >= 15 is 0 Å². The van der Waals surface area contributed by atoms with Crippen LogP contribution in [0, 0.1) is 0 Å². The van der Waals surface area contributed by atoms with Gasteiger partial charge in [0.25, 0.3) is 17.7 Å². The monoisotopic (exact) mass is 483 g/mol. The molecule has 3 aromatic carbocycles. The highest BCUT2D eigenvalue weighted by molar-refractivity contribution is 6.21. The number of fused-ring (bicyclic) bond motifs is 2. The number of hydrogen-bond acceptors (Lipinski definition) is 5. The average Bonchev–Trinajstić information content (AvgIpc) is 3.14. The third-order valence-electron chi connectivity index (χ3n) is 6.32. The maximum Gasteiger partial charge on any atom is 0.265 e. The van der Waals surface area contributed by atoms with Gasteiger partial charge in [0, 0.05) is 25.2 Å². The summed E-state index contributed by atoms with van der Waals surface area (Å²) in [6.45, 7) is 0.488. The van der Waals surface area contributed by atoms with Crippen LogP contribution < -0.4 is 15.0 Å². The lowest BCUT2D eigenvalue weighted by molar-refractivity contribution is -0.121. The molecular formula is C28H25N3O5. The van der Waals surface area contributed by atoms with E-state index in [2.05, 4.69) is 17.4 Å². The second-order valence-electron chi connectivity index (χ2n) is 8.71. The van der Waals surface area contributed by atoms with Gasteiger partial charge < -0.3 is 15.0 Å². The number of nitrogens with one attached hydrogen (secondary N) is 1. The molecule has 0 spiro atoms. The molecular weight excluding hydrogens is 458 g/mol. The highest BCUT2D eigenvalue weighted by Gasteiger charge is 2.35. The van der Waals surface area contributed by atoms with Crippen LogP contribution in [0.4, 0.5) is 11.4 Å². The van der Waals surface area contributed by atoms with Crippen LogP contribution in [0.1, 0.15) is 39.1 Å². The van der Waals surface area contributed by atoms with Crippen LogP contribution in [0.25, 0.3) is 0 Å². The molecule has 0 bridgehead atoms. The number of benzene rings is 3. The van der Waals surface area contributed by atoms with Crippen molar-refractivity contribution >= 4 is 35.0 Å². The van der Waals surface area contributed by atoms with Crippen LogP contribution in [0.2, 0.25) is 0 Å². The minimum absolute atomic E-state index is 0.0175. The molecule has 0 saturated carbocycles. The Bertz CT molecular complexity index is 1300. The summed E-state index contributed by atoms with van der Waals surface area (Å²) in [4.78, 5) is 53.0. The zero-order chi connectivity index (χ0) is 25.1. The molecule has 4 amide bonds. The Hall–Kier alpha value is -4.46. The lowest BCUT2D eigenvalue weighted by Crippen LogP contribution is -2.39. The van der Waals surface area contributed by atoms with Gasteiger partial charge in [0.15, 0.2) is 6.61 Å². The molecule has 0 unspecified atom stereocenters. The van der Waals surface area contributed by atoms with Crippen molar-refractivity contribution in [3.63, 3.8) is 0 Å². The van der Waals surface area contributed by atoms with E-state index in [4.69, 9.17) is 4.74 Å². The number of aryl methyl sites for hydroxylation is 1. The van der Waals surface area contributed by atoms with E-state index in [-0.39, 0.29) is 43.2 Å². The van der Waals surface area contributed by atoms with Crippen molar-refractivity contribution in [1.29, 1.82) is 0 Å². The van der Waals surface area contributed by atoms with Gasteiger partial charge in [-0.3, -0.25) is 24.1 Å². The number of carbonyl (C=O) groups excluding carboxylic acids is 4. The van der Waals surface area contributed by atoms with Gasteiger partial charge >= 0.3 is 0 Å². The quantitative estimate of drug-likeness (QED) is 0.493. The van der Waals surface area contributed by atoms with Gasteiger partial charge in [-0.25, -0.2) is 0 Å². The van der Waals surface area contributed by atoms with Crippen molar-refractivity contribution in [2.45, 2.75) is 19.3 Å². The van der Waals surface area contributed by atoms with Gasteiger partial charge in [0.1, 0.15) is 5.75 Å². The van der Waals surface area contributed by atoms with E-state index in [0.29, 0.717) is 34.8 Å². The topological polar surface area (TPSA) is 96.0 Å². The number of ether oxygens (including phenoxy) is 1. The first kappa shape index (κ1) is 23.3. The Morgan fingerprint density at radius 2 is 1.53 bits per heavy atom. The average molecular weight is 484 g/mol. The highest BCUT2D eigenvalue weighted by atomic mass is 16.5. The Balaban J connectivity index is 1.21. The third-order valence-corrected chi connectivity index (χ3v) is 6.32. The third kappa shape index (κ3) is 4.70. The van der Waals surface area contributed by atoms with E-state index in [1.54, 1.807) is 47.4 Å². The van der Waals surface area contributed by atoms with Crippen LogP contribution >= 0.6 is 0 Å². The number of carbonyl (C=O) groups is 4. The second-order valence-corrected chi connectivity index (χ2v) is 8.71. The predicted octanol–water partition coefficient (Wildman–Crippen LogP) is 3.67. The Morgan fingerprint density at radius 3 is 2.25 bits per heavy atom. The summed E-state index contributed by atoms with van der Waals surface area (Å²) in [5.41, 5.74) is 3.03. The number of hydrogen-bond donors (Lipinski definition) is 1. The summed E-state index contributed by atoms with van der Waals surface area (Å²) in [6.07, 6.45) is 1.58. The smallest absolute Gasteiger partial charge is 0.265 e. The molecule has 8 nitrogen and oxygen atoms in total. The van der Waals surface area contributed by atoms with E-state index in [1.807, 2.05) is 18.2 Å². The van der Waals surface area contributed by atoms with E-state index in [9.17, 15) is 19.2 Å². The molecule has 0 fully saturated rings. The Morgan fingerprint density at radius 1 is 0.833 bits per heavy atom. The fourth-order valence-corrected chi connectivity index (χ4v) is 4.49.